The topological polar surface area (TPSA) is 64.3 Å². The van der Waals surface area contributed by atoms with Crippen molar-refractivity contribution in [2.45, 2.75) is 19.4 Å². The summed E-state index contributed by atoms with van der Waals surface area (Å²) in [4.78, 5) is 11.2. The maximum atomic E-state index is 13.6. The van der Waals surface area contributed by atoms with E-state index in [9.17, 15) is 9.18 Å². The predicted molar refractivity (Wildman–Crippen MR) is 63.3 cm³/mol. The Morgan fingerprint density at radius 1 is 1.59 bits per heavy atom. The second-order valence-electron chi connectivity index (χ2n) is 4.12. The van der Waals surface area contributed by atoms with Crippen LogP contribution in [-0.2, 0) is 4.79 Å². The molecule has 1 aromatic rings. The van der Waals surface area contributed by atoms with Gasteiger partial charge in [-0.15, -0.1) is 0 Å². The number of nitrogens with two attached hydrogens (primary N) is 1. The van der Waals surface area contributed by atoms with Crippen molar-refractivity contribution < 1.29 is 13.9 Å². The van der Waals surface area contributed by atoms with Crippen LogP contribution < -0.4 is 15.8 Å². The fourth-order valence-corrected chi connectivity index (χ4v) is 1.22. The van der Waals surface area contributed by atoms with Crippen molar-refractivity contribution in [3.05, 3.63) is 29.6 Å². The molecule has 0 aromatic heterocycles. The Kier molecular flexibility index (Phi) is 4.07. The van der Waals surface area contributed by atoms with E-state index in [4.69, 9.17) is 10.5 Å². The number of halogens is 1. The van der Waals surface area contributed by atoms with Gasteiger partial charge in [0.1, 0.15) is 12.1 Å². The number of likely N-dealkylation sites (N-methyl/N-ethyl adjacent to an activating group) is 1. The van der Waals surface area contributed by atoms with E-state index in [2.05, 4.69) is 5.32 Å². The minimum atomic E-state index is -1.02. The van der Waals surface area contributed by atoms with E-state index in [-0.39, 0.29) is 12.4 Å². The van der Waals surface area contributed by atoms with E-state index in [1.54, 1.807) is 33.0 Å². The van der Waals surface area contributed by atoms with Gasteiger partial charge in [-0.2, -0.15) is 0 Å². The largest absolute Gasteiger partial charge is 0.488 e. The first-order valence-corrected chi connectivity index (χ1v) is 5.27. The lowest BCUT2D eigenvalue weighted by Gasteiger charge is -2.25. The molecular weight excluding hydrogens is 223 g/mol. The van der Waals surface area contributed by atoms with Crippen molar-refractivity contribution in [1.82, 2.24) is 5.32 Å². The molecule has 4 nitrogen and oxygen atoms in total. The van der Waals surface area contributed by atoms with Crippen molar-refractivity contribution in [2.75, 3.05) is 13.7 Å². The number of nitrogens with one attached hydrogen (secondary N) is 1. The van der Waals surface area contributed by atoms with Crippen LogP contribution in [0, 0.1) is 12.7 Å². The number of ether oxygens (including phenoxy) is 1. The summed E-state index contributed by atoms with van der Waals surface area (Å²) in [6.07, 6.45) is 0. The highest BCUT2D eigenvalue weighted by Gasteiger charge is 2.30. The highest BCUT2D eigenvalue weighted by Crippen LogP contribution is 2.20. The number of aryl methyl sites for hydroxylation is 1. The first-order valence-electron chi connectivity index (χ1n) is 5.27. The average Bonchev–Trinajstić information content (AvgIpc) is 2.30. The number of benzene rings is 1. The van der Waals surface area contributed by atoms with Crippen LogP contribution in [0.1, 0.15) is 12.5 Å². The van der Waals surface area contributed by atoms with Crippen LogP contribution in [0.5, 0.6) is 5.75 Å². The fraction of sp³-hybridized carbons (Fsp3) is 0.417. The molecule has 0 spiro atoms. The summed E-state index contributed by atoms with van der Waals surface area (Å²) in [5.41, 5.74) is 4.71. The molecule has 1 unspecified atom stereocenters. The molecule has 0 radical (unpaired) electrons. The van der Waals surface area contributed by atoms with Gasteiger partial charge in [0.25, 0.3) is 0 Å². The van der Waals surface area contributed by atoms with Gasteiger partial charge in [0, 0.05) is 0 Å². The summed E-state index contributed by atoms with van der Waals surface area (Å²) in [5.74, 6) is -0.851. The summed E-state index contributed by atoms with van der Waals surface area (Å²) >= 11 is 0. The first kappa shape index (κ1) is 13.4. The number of hydrogen-bond donors (Lipinski definition) is 2. The summed E-state index contributed by atoms with van der Waals surface area (Å²) in [6, 6.07) is 4.85. The van der Waals surface area contributed by atoms with Crippen molar-refractivity contribution in [2.24, 2.45) is 5.73 Å². The molecule has 0 aliphatic carbocycles. The van der Waals surface area contributed by atoms with Crippen LogP contribution in [0.3, 0.4) is 0 Å². The van der Waals surface area contributed by atoms with E-state index < -0.39 is 17.3 Å². The second-order valence-corrected chi connectivity index (χ2v) is 4.12. The van der Waals surface area contributed by atoms with Crippen molar-refractivity contribution in [3.8, 4) is 5.75 Å². The monoisotopic (exact) mass is 240 g/mol. The molecule has 5 heteroatoms. The van der Waals surface area contributed by atoms with Crippen molar-refractivity contribution in [3.63, 3.8) is 0 Å². The molecule has 0 saturated heterocycles. The van der Waals surface area contributed by atoms with E-state index in [0.717, 1.165) is 0 Å². The Morgan fingerprint density at radius 3 is 2.76 bits per heavy atom. The van der Waals surface area contributed by atoms with Gasteiger partial charge in [-0.1, -0.05) is 12.1 Å². The lowest BCUT2D eigenvalue weighted by atomic mass is 10.0. The first-order chi connectivity index (χ1) is 7.90. The van der Waals surface area contributed by atoms with Crippen LogP contribution >= 0.6 is 0 Å². The molecule has 17 heavy (non-hydrogen) atoms. The number of amides is 1. The highest BCUT2D eigenvalue weighted by atomic mass is 19.1. The summed E-state index contributed by atoms with van der Waals surface area (Å²) in [7, 11) is 1.60. The Balaban J connectivity index is 2.80. The molecule has 1 amide bonds. The van der Waals surface area contributed by atoms with Gasteiger partial charge in [-0.25, -0.2) is 4.39 Å². The molecular formula is C12H17FN2O2. The van der Waals surface area contributed by atoms with Crippen LogP contribution in [0.4, 0.5) is 4.39 Å². The maximum absolute atomic E-state index is 13.6. The summed E-state index contributed by atoms with van der Waals surface area (Å²) < 4.78 is 18.9. The highest BCUT2D eigenvalue weighted by molar-refractivity contribution is 5.84. The maximum Gasteiger partial charge on any atom is 0.240 e. The minimum absolute atomic E-state index is 0.0286. The smallest absolute Gasteiger partial charge is 0.240 e. The van der Waals surface area contributed by atoms with Crippen molar-refractivity contribution in [1.29, 1.82) is 0 Å². The molecule has 1 atom stereocenters. The Labute approximate surface area is 100.0 Å². The third-order valence-corrected chi connectivity index (χ3v) is 2.77. The standard InChI is InChI=1S/C12H17FN2O2/c1-8-5-4-6-9(10(8)13)17-7-12(2,15-3)11(14)16/h4-6,15H,7H2,1-3H3,(H2,14,16). The lowest BCUT2D eigenvalue weighted by Crippen LogP contribution is -2.55. The van der Waals surface area contributed by atoms with Gasteiger partial charge < -0.3 is 15.8 Å². The van der Waals surface area contributed by atoms with E-state index in [1.165, 1.54) is 6.07 Å². The molecule has 0 fully saturated rings. The van der Waals surface area contributed by atoms with Gasteiger partial charge in [-0.3, -0.25) is 4.79 Å². The fourth-order valence-electron chi connectivity index (χ4n) is 1.22. The summed E-state index contributed by atoms with van der Waals surface area (Å²) in [5, 5.41) is 2.76. The van der Waals surface area contributed by atoms with Crippen LogP contribution in [-0.4, -0.2) is 25.1 Å². The molecule has 0 saturated carbocycles. The SMILES string of the molecule is CNC(C)(COc1cccc(C)c1F)C(N)=O. The number of hydrogen-bond acceptors (Lipinski definition) is 3. The quantitative estimate of drug-likeness (QED) is 0.806. The number of carbonyl (C=O) groups is 1. The third kappa shape index (κ3) is 2.94. The minimum Gasteiger partial charge on any atom is -0.488 e. The van der Waals surface area contributed by atoms with Gasteiger partial charge in [0.2, 0.25) is 5.91 Å². The van der Waals surface area contributed by atoms with Gasteiger partial charge in [0.15, 0.2) is 11.6 Å². The van der Waals surface area contributed by atoms with E-state index in [0.29, 0.717) is 5.56 Å². The normalized spacial score (nSPS) is 14.1. The van der Waals surface area contributed by atoms with Crippen LogP contribution in [0.25, 0.3) is 0 Å². The van der Waals surface area contributed by atoms with Crippen LogP contribution in [0.15, 0.2) is 18.2 Å². The van der Waals surface area contributed by atoms with E-state index >= 15 is 0 Å². The zero-order valence-electron chi connectivity index (χ0n) is 10.2. The van der Waals surface area contributed by atoms with Gasteiger partial charge in [-0.05, 0) is 32.5 Å². The molecule has 0 aliphatic heterocycles. The Bertz CT molecular complexity index is 423. The molecule has 0 aliphatic rings. The van der Waals surface area contributed by atoms with Gasteiger partial charge in [0.05, 0.1) is 0 Å². The van der Waals surface area contributed by atoms with Crippen LogP contribution in [0.2, 0.25) is 0 Å². The summed E-state index contributed by atoms with van der Waals surface area (Å²) in [6.45, 7) is 3.22. The number of carbonyl (C=O) groups excluding carboxylic acids is 1. The molecule has 0 bridgehead atoms. The van der Waals surface area contributed by atoms with E-state index in [1.807, 2.05) is 0 Å². The second kappa shape index (κ2) is 5.14. The molecule has 3 N–H and O–H groups in total. The van der Waals surface area contributed by atoms with Crippen molar-refractivity contribution >= 4 is 5.91 Å². The Hall–Kier alpha value is -1.62. The van der Waals surface area contributed by atoms with Gasteiger partial charge >= 0.3 is 0 Å². The zero-order chi connectivity index (χ0) is 13.1. The molecule has 0 heterocycles. The molecule has 1 rings (SSSR count). The third-order valence-electron chi connectivity index (χ3n) is 2.77. The number of primary amides is 1. The number of rotatable bonds is 5. The lowest BCUT2D eigenvalue weighted by molar-refractivity contribution is -0.124. The zero-order valence-corrected chi connectivity index (χ0v) is 10.2. The predicted octanol–water partition coefficient (Wildman–Crippen LogP) is 0.976. The molecule has 94 valence electrons. The molecule has 1 aromatic carbocycles. The average molecular weight is 240 g/mol. The Morgan fingerprint density at radius 2 is 2.24 bits per heavy atom.